The zero-order chi connectivity index (χ0) is 22.6. The van der Waals surface area contributed by atoms with Crippen molar-refractivity contribution in [1.82, 2.24) is 29.6 Å². The van der Waals surface area contributed by atoms with Gasteiger partial charge in [0.15, 0.2) is 0 Å². The molecule has 0 amide bonds. The van der Waals surface area contributed by atoms with Crippen molar-refractivity contribution in [1.29, 1.82) is 0 Å². The SMILES string of the molecule is Cc1c(C(=O)On2nnc3cccnc32)cc(-c2ccccc2)n1CCCN1CCOCC1. The van der Waals surface area contributed by atoms with Crippen LogP contribution < -0.4 is 4.84 Å². The maximum atomic E-state index is 13.1. The number of carbonyl (C=O) groups excluding carboxylic acids is 1. The Labute approximate surface area is 191 Å². The van der Waals surface area contributed by atoms with E-state index in [4.69, 9.17) is 9.57 Å². The number of nitrogens with zero attached hydrogens (tertiary/aromatic N) is 6. The summed E-state index contributed by atoms with van der Waals surface area (Å²) < 4.78 is 7.64. The van der Waals surface area contributed by atoms with Crippen molar-refractivity contribution < 1.29 is 14.4 Å². The van der Waals surface area contributed by atoms with Crippen LogP contribution in [0.15, 0.2) is 54.7 Å². The molecule has 1 aromatic carbocycles. The summed E-state index contributed by atoms with van der Waals surface area (Å²) in [6.07, 6.45) is 2.58. The Hall–Kier alpha value is -3.56. The van der Waals surface area contributed by atoms with Crippen molar-refractivity contribution in [2.75, 3.05) is 32.8 Å². The minimum atomic E-state index is -0.492. The highest BCUT2D eigenvalue weighted by molar-refractivity contribution is 5.93. The summed E-state index contributed by atoms with van der Waals surface area (Å²) in [5.41, 5.74) is 4.37. The standard InChI is InChI=1S/C24H26N6O3/c1-18-20(24(31)33-30-23-21(26-27-30)9-5-10-25-23)17-22(19-7-3-2-4-8-19)29(18)12-6-11-28-13-15-32-16-14-28/h2-5,7-10,17H,6,11-16H2,1H3. The Bertz CT molecular complexity index is 1240. The van der Waals surface area contributed by atoms with Gasteiger partial charge in [0.05, 0.1) is 18.8 Å². The highest BCUT2D eigenvalue weighted by Crippen LogP contribution is 2.27. The van der Waals surface area contributed by atoms with Gasteiger partial charge in [0.25, 0.3) is 0 Å². The van der Waals surface area contributed by atoms with Gasteiger partial charge in [-0.15, -0.1) is 5.10 Å². The summed E-state index contributed by atoms with van der Waals surface area (Å²) in [6.45, 7) is 7.26. The van der Waals surface area contributed by atoms with Gasteiger partial charge in [-0.2, -0.15) is 0 Å². The molecule has 170 valence electrons. The maximum absolute atomic E-state index is 13.1. The highest BCUT2D eigenvalue weighted by Gasteiger charge is 2.22. The van der Waals surface area contributed by atoms with Gasteiger partial charge in [-0.05, 0) is 47.2 Å². The van der Waals surface area contributed by atoms with Crippen LogP contribution in [0.5, 0.6) is 0 Å². The normalized spacial score (nSPS) is 14.6. The number of ether oxygens (including phenoxy) is 1. The molecule has 0 N–H and O–H groups in total. The minimum Gasteiger partial charge on any atom is -0.379 e. The summed E-state index contributed by atoms with van der Waals surface area (Å²) in [5, 5.41) is 7.92. The van der Waals surface area contributed by atoms with E-state index in [-0.39, 0.29) is 0 Å². The monoisotopic (exact) mass is 446 g/mol. The molecule has 33 heavy (non-hydrogen) atoms. The lowest BCUT2D eigenvalue weighted by molar-refractivity contribution is 0.0368. The number of benzene rings is 1. The molecule has 4 aromatic rings. The quantitative estimate of drug-likeness (QED) is 0.403. The lowest BCUT2D eigenvalue weighted by atomic mass is 10.1. The first-order valence-corrected chi connectivity index (χ1v) is 11.2. The molecule has 1 fully saturated rings. The van der Waals surface area contributed by atoms with Crippen LogP contribution in [-0.4, -0.2) is 68.4 Å². The maximum Gasteiger partial charge on any atom is 0.367 e. The Morgan fingerprint density at radius 2 is 1.91 bits per heavy atom. The van der Waals surface area contributed by atoms with E-state index in [1.807, 2.05) is 31.2 Å². The predicted molar refractivity (Wildman–Crippen MR) is 123 cm³/mol. The third-order valence-corrected chi connectivity index (χ3v) is 5.97. The zero-order valence-corrected chi connectivity index (χ0v) is 18.6. The minimum absolute atomic E-state index is 0.400. The molecule has 0 unspecified atom stereocenters. The van der Waals surface area contributed by atoms with E-state index in [0.717, 1.165) is 67.6 Å². The van der Waals surface area contributed by atoms with Crippen LogP contribution in [-0.2, 0) is 11.3 Å². The smallest absolute Gasteiger partial charge is 0.367 e. The van der Waals surface area contributed by atoms with Crippen LogP contribution in [0.3, 0.4) is 0 Å². The zero-order valence-electron chi connectivity index (χ0n) is 18.6. The summed E-state index contributed by atoms with van der Waals surface area (Å²) in [6, 6.07) is 15.5. The van der Waals surface area contributed by atoms with Crippen LogP contribution in [0.25, 0.3) is 22.4 Å². The summed E-state index contributed by atoms with van der Waals surface area (Å²) in [5.74, 6) is -0.492. The van der Waals surface area contributed by atoms with Gasteiger partial charge in [-0.25, -0.2) is 9.78 Å². The fraction of sp³-hybridized carbons (Fsp3) is 0.333. The van der Waals surface area contributed by atoms with Crippen molar-refractivity contribution in [2.45, 2.75) is 19.9 Å². The van der Waals surface area contributed by atoms with Gasteiger partial charge in [-0.3, -0.25) is 4.90 Å². The molecule has 0 spiro atoms. The number of rotatable bonds is 7. The second kappa shape index (κ2) is 9.51. The van der Waals surface area contributed by atoms with Crippen LogP contribution in [0.1, 0.15) is 22.5 Å². The first-order valence-electron chi connectivity index (χ1n) is 11.2. The van der Waals surface area contributed by atoms with E-state index in [9.17, 15) is 4.79 Å². The molecule has 0 aliphatic carbocycles. The van der Waals surface area contributed by atoms with Gasteiger partial charge in [0.2, 0.25) is 5.65 Å². The number of aromatic nitrogens is 5. The predicted octanol–water partition coefficient (Wildman–Crippen LogP) is 2.59. The molecule has 1 aliphatic heterocycles. The molecule has 9 heteroatoms. The molecular weight excluding hydrogens is 420 g/mol. The molecule has 0 bridgehead atoms. The number of morpholine rings is 1. The lowest BCUT2D eigenvalue weighted by Crippen LogP contribution is -2.37. The van der Waals surface area contributed by atoms with E-state index < -0.39 is 5.97 Å². The first kappa shape index (κ1) is 21.3. The number of hydrogen-bond acceptors (Lipinski definition) is 7. The van der Waals surface area contributed by atoms with Crippen molar-refractivity contribution in [3.05, 3.63) is 66.0 Å². The molecule has 0 saturated carbocycles. The number of carbonyl (C=O) groups is 1. The Balaban J connectivity index is 1.40. The molecule has 0 radical (unpaired) electrons. The fourth-order valence-corrected chi connectivity index (χ4v) is 4.20. The average molecular weight is 447 g/mol. The summed E-state index contributed by atoms with van der Waals surface area (Å²) in [4.78, 5) is 26.4. The Kier molecular flexibility index (Phi) is 6.14. The molecule has 0 atom stereocenters. The van der Waals surface area contributed by atoms with E-state index in [1.165, 1.54) is 0 Å². The largest absolute Gasteiger partial charge is 0.379 e. The van der Waals surface area contributed by atoms with Crippen molar-refractivity contribution in [3.8, 4) is 11.3 Å². The van der Waals surface area contributed by atoms with E-state index in [0.29, 0.717) is 16.7 Å². The molecule has 1 aliphatic rings. The van der Waals surface area contributed by atoms with Gasteiger partial charge in [-0.1, -0.05) is 30.3 Å². The number of pyridine rings is 1. The molecule has 3 aromatic heterocycles. The average Bonchev–Trinajstić information content (AvgIpc) is 3.41. The molecule has 1 saturated heterocycles. The van der Waals surface area contributed by atoms with E-state index in [1.54, 1.807) is 18.3 Å². The highest BCUT2D eigenvalue weighted by atomic mass is 16.7. The molecule has 9 nitrogen and oxygen atoms in total. The van der Waals surface area contributed by atoms with Crippen LogP contribution >= 0.6 is 0 Å². The molecular formula is C24H26N6O3. The van der Waals surface area contributed by atoms with Crippen LogP contribution in [0, 0.1) is 6.92 Å². The van der Waals surface area contributed by atoms with Crippen molar-refractivity contribution in [3.63, 3.8) is 0 Å². The van der Waals surface area contributed by atoms with Gasteiger partial charge in [0.1, 0.15) is 5.52 Å². The summed E-state index contributed by atoms with van der Waals surface area (Å²) >= 11 is 0. The fourth-order valence-electron chi connectivity index (χ4n) is 4.20. The van der Waals surface area contributed by atoms with Crippen LogP contribution in [0.2, 0.25) is 0 Å². The van der Waals surface area contributed by atoms with E-state index >= 15 is 0 Å². The summed E-state index contributed by atoms with van der Waals surface area (Å²) in [7, 11) is 0. The lowest BCUT2D eigenvalue weighted by Gasteiger charge is -2.26. The second-order valence-corrected chi connectivity index (χ2v) is 8.04. The third-order valence-electron chi connectivity index (χ3n) is 5.97. The second-order valence-electron chi connectivity index (χ2n) is 8.04. The first-order chi connectivity index (χ1) is 16.2. The topological polar surface area (TPSA) is 87.3 Å². The Morgan fingerprint density at radius 1 is 1.09 bits per heavy atom. The van der Waals surface area contributed by atoms with Crippen molar-refractivity contribution in [2.24, 2.45) is 0 Å². The number of fused-ring (bicyclic) bond motifs is 1. The number of hydrogen-bond donors (Lipinski definition) is 0. The Morgan fingerprint density at radius 3 is 2.73 bits per heavy atom. The van der Waals surface area contributed by atoms with Crippen LogP contribution in [0.4, 0.5) is 0 Å². The molecule has 4 heterocycles. The van der Waals surface area contributed by atoms with Gasteiger partial charge < -0.3 is 14.1 Å². The van der Waals surface area contributed by atoms with Crippen molar-refractivity contribution >= 4 is 17.1 Å². The van der Waals surface area contributed by atoms with Gasteiger partial charge in [0, 0.05) is 43.8 Å². The van der Waals surface area contributed by atoms with E-state index in [2.05, 4.69) is 36.9 Å². The third kappa shape index (κ3) is 4.50. The molecule has 5 rings (SSSR count). The van der Waals surface area contributed by atoms with Gasteiger partial charge >= 0.3 is 5.97 Å².